The van der Waals surface area contributed by atoms with Crippen molar-refractivity contribution < 1.29 is 0 Å². The van der Waals surface area contributed by atoms with E-state index in [9.17, 15) is 0 Å². The number of nitrogens with one attached hydrogen (secondary N) is 1. The molecule has 0 aliphatic heterocycles. The second-order valence-corrected chi connectivity index (χ2v) is 5.42. The molecule has 1 unspecified atom stereocenters. The molecule has 1 atom stereocenters. The SMILES string of the molecule is Cc1ccc(C(C)Nc2nc(Br)cs2)cc1. The predicted octanol–water partition coefficient (Wildman–Crippen LogP) is 4.39. The van der Waals surface area contributed by atoms with Gasteiger partial charge in [-0.2, -0.15) is 0 Å². The maximum absolute atomic E-state index is 4.32. The number of hydrogen-bond acceptors (Lipinski definition) is 3. The molecule has 0 spiro atoms. The Balaban J connectivity index is 2.08. The molecule has 0 bridgehead atoms. The lowest BCUT2D eigenvalue weighted by molar-refractivity contribution is 0.880. The Kier molecular flexibility index (Phi) is 3.61. The number of benzene rings is 1. The van der Waals surface area contributed by atoms with Crippen LogP contribution in [0.15, 0.2) is 34.2 Å². The molecule has 0 amide bonds. The summed E-state index contributed by atoms with van der Waals surface area (Å²) in [4.78, 5) is 4.32. The molecular formula is C12H13BrN2S. The molecule has 0 radical (unpaired) electrons. The lowest BCUT2D eigenvalue weighted by Crippen LogP contribution is -2.06. The number of aromatic nitrogens is 1. The van der Waals surface area contributed by atoms with Crippen LogP contribution in [-0.4, -0.2) is 4.98 Å². The fraction of sp³-hybridized carbons (Fsp3) is 0.250. The van der Waals surface area contributed by atoms with Gasteiger partial charge in [0, 0.05) is 5.38 Å². The zero-order chi connectivity index (χ0) is 11.5. The van der Waals surface area contributed by atoms with Crippen LogP contribution in [0.3, 0.4) is 0 Å². The van der Waals surface area contributed by atoms with Gasteiger partial charge in [-0.05, 0) is 35.3 Å². The summed E-state index contributed by atoms with van der Waals surface area (Å²) < 4.78 is 0.885. The summed E-state index contributed by atoms with van der Waals surface area (Å²) in [7, 11) is 0. The monoisotopic (exact) mass is 296 g/mol. The van der Waals surface area contributed by atoms with Crippen LogP contribution in [0.5, 0.6) is 0 Å². The molecule has 1 aromatic heterocycles. The van der Waals surface area contributed by atoms with Gasteiger partial charge >= 0.3 is 0 Å². The molecule has 0 saturated heterocycles. The fourth-order valence-electron chi connectivity index (χ4n) is 1.44. The summed E-state index contributed by atoms with van der Waals surface area (Å²) in [6.07, 6.45) is 0. The maximum Gasteiger partial charge on any atom is 0.184 e. The third kappa shape index (κ3) is 2.83. The minimum Gasteiger partial charge on any atom is -0.355 e. The van der Waals surface area contributed by atoms with Crippen molar-refractivity contribution in [2.45, 2.75) is 19.9 Å². The summed E-state index contributed by atoms with van der Waals surface area (Å²) in [6, 6.07) is 8.83. The summed E-state index contributed by atoms with van der Waals surface area (Å²) in [5.74, 6) is 0. The van der Waals surface area contributed by atoms with E-state index in [2.05, 4.69) is 64.3 Å². The average Bonchev–Trinajstić information content (AvgIpc) is 2.65. The van der Waals surface area contributed by atoms with Gasteiger partial charge in [-0.15, -0.1) is 11.3 Å². The topological polar surface area (TPSA) is 24.9 Å². The Morgan fingerprint density at radius 2 is 2.00 bits per heavy atom. The van der Waals surface area contributed by atoms with Crippen molar-refractivity contribution in [3.8, 4) is 0 Å². The van der Waals surface area contributed by atoms with Crippen LogP contribution in [0.2, 0.25) is 0 Å². The van der Waals surface area contributed by atoms with Gasteiger partial charge in [0.25, 0.3) is 0 Å². The lowest BCUT2D eigenvalue weighted by atomic mass is 10.1. The Morgan fingerprint density at radius 1 is 1.31 bits per heavy atom. The van der Waals surface area contributed by atoms with Gasteiger partial charge in [0.1, 0.15) is 4.60 Å². The minimum absolute atomic E-state index is 0.277. The number of rotatable bonds is 3. The molecule has 4 heteroatoms. The van der Waals surface area contributed by atoms with Crippen molar-refractivity contribution in [2.24, 2.45) is 0 Å². The fourth-order valence-corrected chi connectivity index (χ4v) is 2.68. The van der Waals surface area contributed by atoms with Crippen LogP contribution in [-0.2, 0) is 0 Å². The summed E-state index contributed by atoms with van der Waals surface area (Å²) in [6.45, 7) is 4.24. The number of hydrogen-bond donors (Lipinski definition) is 1. The first-order chi connectivity index (χ1) is 7.65. The highest BCUT2D eigenvalue weighted by atomic mass is 79.9. The summed E-state index contributed by atoms with van der Waals surface area (Å²) in [5.41, 5.74) is 2.56. The first-order valence-corrected chi connectivity index (χ1v) is 6.76. The van der Waals surface area contributed by atoms with E-state index in [0.717, 1.165) is 9.73 Å². The van der Waals surface area contributed by atoms with Crippen LogP contribution in [0.4, 0.5) is 5.13 Å². The van der Waals surface area contributed by atoms with Gasteiger partial charge in [-0.25, -0.2) is 4.98 Å². The normalized spacial score (nSPS) is 12.4. The molecular weight excluding hydrogens is 284 g/mol. The molecule has 1 heterocycles. The zero-order valence-corrected chi connectivity index (χ0v) is 11.6. The van der Waals surface area contributed by atoms with Gasteiger partial charge in [0.2, 0.25) is 0 Å². The average molecular weight is 297 g/mol. The summed E-state index contributed by atoms with van der Waals surface area (Å²) >= 11 is 4.95. The van der Waals surface area contributed by atoms with Crippen LogP contribution in [0, 0.1) is 6.92 Å². The molecule has 2 rings (SSSR count). The van der Waals surface area contributed by atoms with Gasteiger partial charge in [-0.3, -0.25) is 0 Å². The highest BCUT2D eigenvalue weighted by Gasteiger charge is 2.07. The van der Waals surface area contributed by atoms with E-state index in [1.54, 1.807) is 11.3 Å². The molecule has 0 aliphatic rings. The van der Waals surface area contributed by atoms with E-state index >= 15 is 0 Å². The van der Waals surface area contributed by atoms with E-state index in [4.69, 9.17) is 0 Å². The number of thiazole rings is 1. The van der Waals surface area contributed by atoms with Gasteiger partial charge in [-0.1, -0.05) is 29.8 Å². The quantitative estimate of drug-likeness (QED) is 0.909. The number of aryl methyl sites for hydroxylation is 1. The van der Waals surface area contributed by atoms with Gasteiger partial charge < -0.3 is 5.32 Å². The van der Waals surface area contributed by atoms with Crippen molar-refractivity contribution in [1.82, 2.24) is 4.98 Å². The van der Waals surface area contributed by atoms with Crippen LogP contribution in [0.25, 0.3) is 0 Å². The van der Waals surface area contributed by atoms with Crippen molar-refractivity contribution in [3.63, 3.8) is 0 Å². The molecule has 1 N–H and O–H groups in total. The molecule has 16 heavy (non-hydrogen) atoms. The molecule has 0 saturated carbocycles. The van der Waals surface area contributed by atoms with E-state index in [-0.39, 0.29) is 6.04 Å². The van der Waals surface area contributed by atoms with Crippen LogP contribution < -0.4 is 5.32 Å². The molecule has 2 aromatic rings. The number of nitrogens with zero attached hydrogens (tertiary/aromatic N) is 1. The largest absolute Gasteiger partial charge is 0.355 e. The Labute approximate surface area is 108 Å². The highest BCUT2D eigenvalue weighted by molar-refractivity contribution is 9.10. The predicted molar refractivity (Wildman–Crippen MR) is 73.0 cm³/mol. The van der Waals surface area contributed by atoms with Crippen LogP contribution >= 0.6 is 27.3 Å². The van der Waals surface area contributed by atoms with E-state index in [1.807, 2.05) is 5.38 Å². The molecule has 0 aliphatic carbocycles. The third-order valence-corrected chi connectivity index (χ3v) is 3.88. The van der Waals surface area contributed by atoms with Crippen molar-refractivity contribution in [3.05, 3.63) is 45.4 Å². The first kappa shape index (κ1) is 11.6. The summed E-state index contributed by atoms with van der Waals surface area (Å²) in [5, 5.41) is 6.30. The number of halogens is 1. The maximum atomic E-state index is 4.32. The highest BCUT2D eigenvalue weighted by Crippen LogP contribution is 2.24. The lowest BCUT2D eigenvalue weighted by Gasteiger charge is -2.13. The molecule has 1 aromatic carbocycles. The molecule has 2 nitrogen and oxygen atoms in total. The smallest absolute Gasteiger partial charge is 0.184 e. The third-order valence-electron chi connectivity index (χ3n) is 2.39. The van der Waals surface area contributed by atoms with Crippen molar-refractivity contribution >= 4 is 32.4 Å². The second-order valence-electron chi connectivity index (χ2n) is 3.75. The van der Waals surface area contributed by atoms with Crippen molar-refractivity contribution in [2.75, 3.05) is 5.32 Å². The molecule has 0 fully saturated rings. The van der Waals surface area contributed by atoms with E-state index in [1.165, 1.54) is 11.1 Å². The Bertz CT molecular complexity index is 464. The van der Waals surface area contributed by atoms with E-state index in [0.29, 0.717) is 0 Å². The first-order valence-electron chi connectivity index (χ1n) is 5.09. The second kappa shape index (κ2) is 4.97. The van der Waals surface area contributed by atoms with E-state index < -0.39 is 0 Å². The standard InChI is InChI=1S/C12H13BrN2S/c1-8-3-5-10(6-4-8)9(2)14-12-15-11(13)7-16-12/h3-7,9H,1-2H3,(H,14,15). The zero-order valence-electron chi connectivity index (χ0n) is 9.20. The van der Waals surface area contributed by atoms with Gasteiger partial charge in [0.15, 0.2) is 5.13 Å². The number of anilines is 1. The van der Waals surface area contributed by atoms with Crippen LogP contribution in [0.1, 0.15) is 24.1 Å². The minimum atomic E-state index is 0.277. The van der Waals surface area contributed by atoms with Crippen molar-refractivity contribution in [1.29, 1.82) is 0 Å². The Hall–Kier alpha value is -0.870. The molecule has 84 valence electrons. The Morgan fingerprint density at radius 3 is 2.56 bits per heavy atom. The van der Waals surface area contributed by atoms with Gasteiger partial charge in [0.05, 0.1) is 6.04 Å².